The van der Waals surface area contributed by atoms with Crippen LogP contribution >= 0.6 is 0 Å². The van der Waals surface area contributed by atoms with Crippen LogP contribution in [0.5, 0.6) is 0 Å². The zero-order chi connectivity index (χ0) is 31.9. The van der Waals surface area contributed by atoms with Gasteiger partial charge in [0.2, 0.25) is 11.8 Å². The van der Waals surface area contributed by atoms with Crippen molar-refractivity contribution in [2.45, 2.75) is 133 Å². The van der Waals surface area contributed by atoms with E-state index in [-0.39, 0.29) is 18.2 Å². The van der Waals surface area contributed by atoms with Gasteiger partial charge in [-0.25, -0.2) is 18.0 Å². The van der Waals surface area contributed by atoms with Crippen LogP contribution in [0.3, 0.4) is 0 Å². The number of aliphatic carboxylic acids is 1. The highest BCUT2D eigenvalue weighted by Crippen LogP contribution is 2.45. The molecular weight excluding hydrogens is 572 g/mol. The molecule has 1 unspecified atom stereocenters. The van der Waals surface area contributed by atoms with Gasteiger partial charge >= 0.3 is 12.0 Å². The summed E-state index contributed by atoms with van der Waals surface area (Å²) in [6.45, 7) is 7.06. The summed E-state index contributed by atoms with van der Waals surface area (Å²) in [6, 6.07) is -1.43. The second-order valence-corrected chi connectivity index (χ2v) is 16.4. The van der Waals surface area contributed by atoms with E-state index in [4.69, 9.17) is 0 Å². The third-order valence-corrected chi connectivity index (χ3v) is 12.0. The lowest BCUT2D eigenvalue weighted by Gasteiger charge is -2.39. The number of rotatable bonds is 14. The van der Waals surface area contributed by atoms with E-state index < -0.39 is 55.5 Å². The minimum atomic E-state index is -3.50. The van der Waals surface area contributed by atoms with Gasteiger partial charge in [-0.05, 0) is 65.7 Å². The standard InChI is InChI=1S/C31H52N4O7S/c1-5-6-7-8-9-11-15-23-20-31(23,27(38)39)33-26(37)24-16-14-19-35(24)25(36)21-32-28(40)34-30(17-12-10-13-18-30)22-43(41,42)29(2,3)4/h11,15,23-24H,5-10,12-14,16-22H2,1-4H3,(H,33,37)(H,38,39)(H2,32,34,40)/b15-11-/t23?,24-,31+/m0/s1. The molecule has 4 N–H and O–H groups in total. The molecule has 0 radical (unpaired) electrons. The Hall–Kier alpha value is -2.63. The van der Waals surface area contributed by atoms with Gasteiger partial charge in [0.05, 0.1) is 22.6 Å². The fourth-order valence-electron chi connectivity index (χ4n) is 6.21. The number of carbonyl (C=O) groups is 4. The molecule has 3 rings (SSSR count). The number of hydrogen-bond acceptors (Lipinski definition) is 6. The number of unbranched alkanes of at least 4 members (excludes halogenated alkanes) is 4. The van der Waals surface area contributed by atoms with E-state index in [2.05, 4.69) is 22.9 Å². The first-order valence-corrected chi connectivity index (χ1v) is 17.6. The molecule has 3 aliphatic rings. The van der Waals surface area contributed by atoms with Gasteiger partial charge in [-0.15, -0.1) is 0 Å². The highest BCUT2D eigenvalue weighted by atomic mass is 32.2. The second-order valence-electron chi connectivity index (χ2n) is 13.6. The van der Waals surface area contributed by atoms with Gasteiger partial charge in [0, 0.05) is 12.5 Å². The summed E-state index contributed by atoms with van der Waals surface area (Å²) in [6.07, 6.45) is 14.2. The topological polar surface area (TPSA) is 162 Å². The molecule has 0 aromatic heterocycles. The molecule has 0 bridgehead atoms. The largest absolute Gasteiger partial charge is 0.479 e. The van der Waals surface area contributed by atoms with Crippen LogP contribution in [-0.4, -0.2) is 82.9 Å². The number of carbonyl (C=O) groups excluding carboxylic acids is 3. The summed E-state index contributed by atoms with van der Waals surface area (Å²) in [7, 11) is -3.50. The van der Waals surface area contributed by atoms with E-state index in [0.717, 1.165) is 44.9 Å². The van der Waals surface area contributed by atoms with Crippen molar-refractivity contribution in [3.05, 3.63) is 12.2 Å². The summed E-state index contributed by atoms with van der Waals surface area (Å²) in [5, 5.41) is 18.1. The molecule has 2 saturated carbocycles. The number of nitrogens with one attached hydrogen (secondary N) is 3. The van der Waals surface area contributed by atoms with Gasteiger partial charge in [0.1, 0.15) is 11.6 Å². The van der Waals surface area contributed by atoms with Gasteiger partial charge < -0.3 is 26.0 Å². The average Bonchev–Trinajstić information content (AvgIpc) is 3.39. The predicted octanol–water partition coefficient (Wildman–Crippen LogP) is 3.68. The Balaban J connectivity index is 1.55. The first kappa shape index (κ1) is 34.9. The molecule has 3 fully saturated rings. The zero-order valence-corrected chi connectivity index (χ0v) is 27.2. The molecule has 2 aliphatic carbocycles. The molecule has 43 heavy (non-hydrogen) atoms. The van der Waals surface area contributed by atoms with Gasteiger partial charge in [-0.3, -0.25) is 9.59 Å². The summed E-state index contributed by atoms with van der Waals surface area (Å²) < 4.78 is 25.0. The van der Waals surface area contributed by atoms with Gasteiger partial charge in [0.25, 0.3) is 0 Å². The molecule has 0 aromatic rings. The minimum absolute atomic E-state index is 0.167. The van der Waals surface area contributed by atoms with E-state index in [1.807, 2.05) is 12.2 Å². The Morgan fingerprint density at radius 3 is 2.33 bits per heavy atom. The number of urea groups is 1. The molecular formula is C31H52N4O7S. The lowest BCUT2D eigenvalue weighted by molar-refractivity contribution is -0.145. The fourth-order valence-corrected chi connectivity index (χ4v) is 7.73. The molecule has 11 nitrogen and oxygen atoms in total. The number of likely N-dealkylation sites (tertiary alicyclic amines) is 1. The van der Waals surface area contributed by atoms with Crippen LogP contribution in [0.25, 0.3) is 0 Å². The number of carboxylic acid groups (broad SMARTS) is 1. The van der Waals surface area contributed by atoms with Crippen LogP contribution in [0.2, 0.25) is 0 Å². The molecule has 1 aliphatic heterocycles. The Labute approximate surface area is 256 Å². The van der Waals surface area contributed by atoms with E-state index in [0.29, 0.717) is 38.6 Å². The number of hydrogen-bond donors (Lipinski definition) is 4. The summed E-state index contributed by atoms with van der Waals surface area (Å²) >= 11 is 0. The van der Waals surface area contributed by atoms with Crippen molar-refractivity contribution in [1.29, 1.82) is 0 Å². The van der Waals surface area contributed by atoms with E-state index >= 15 is 0 Å². The Morgan fingerprint density at radius 2 is 1.70 bits per heavy atom. The van der Waals surface area contributed by atoms with Crippen LogP contribution in [0.4, 0.5) is 4.79 Å². The number of amides is 4. The highest BCUT2D eigenvalue weighted by molar-refractivity contribution is 7.92. The lowest BCUT2D eigenvalue weighted by atomic mass is 9.83. The van der Waals surface area contributed by atoms with Crippen LogP contribution in [0, 0.1) is 5.92 Å². The second kappa shape index (κ2) is 14.4. The quantitative estimate of drug-likeness (QED) is 0.169. The molecule has 0 aromatic carbocycles. The number of nitrogens with zero attached hydrogens (tertiary/aromatic N) is 1. The Bertz CT molecular complexity index is 1160. The van der Waals surface area contributed by atoms with Crippen molar-refractivity contribution in [1.82, 2.24) is 20.9 Å². The van der Waals surface area contributed by atoms with E-state index in [1.54, 1.807) is 20.8 Å². The predicted molar refractivity (Wildman–Crippen MR) is 165 cm³/mol. The minimum Gasteiger partial charge on any atom is -0.479 e. The molecule has 244 valence electrons. The highest BCUT2D eigenvalue weighted by Gasteiger charge is 2.61. The monoisotopic (exact) mass is 624 g/mol. The Morgan fingerprint density at radius 1 is 1.00 bits per heavy atom. The van der Waals surface area contributed by atoms with Gasteiger partial charge in [0.15, 0.2) is 9.84 Å². The maximum absolute atomic E-state index is 13.2. The summed E-state index contributed by atoms with van der Waals surface area (Å²) in [5.41, 5.74) is -2.25. The third kappa shape index (κ3) is 8.95. The van der Waals surface area contributed by atoms with E-state index in [1.165, 1.54) is 11.3 Å². The molecule has 12 heteroatoms. The number of sulfone groups is 1. The molecule has 0 spiro atoms. The molecule has 1 heterocycles. The molecule has 3 atom stereocenters. The van der Waals surface area contributed by atoms with Crippen molar-refractivity contribution < 1.29 is 32.7 Å². The van der Waals surface area contributed by atoms with Gasteiger partial charge in [-0.1, -0.05) is 57.6 Å². The van der Waals surface area contributed by atoms with Gasteiger partial charge in [-0.2, -0.15) is 0 Å². The van der Waals surface area contributed by atoms with Crippen molar-refractivity contribution in [3.63, 3.8) is 0 Å². The normalized spacial score (nSPS) is 25.3. The van der Waals surface area contributed by atoms with Crippen molar-refractivity contribution >= 4 is 33.7 Å². The first-order chi connectivity index (χ1) is 20.2. The fraction of sp³-hybridized carbons (Fsp3) is 0.806. The van der Waals surface area contributed by atoms with E-state index in [9.17, 15) is 32.7 Å². The maximum atomic E-state index is 13.2. The van der Waals surface area contributed by atoms with Crippen molar-refractivity contribution in [2.75, 3.05) is 18.8 Å². The first-order valence-electron chi connectivity index (χ1n) is 16.0. The van der Waals surface area contributed by atoms with Crippen LogP contribution in [-0.2, 0) is 24.2 Å². The maximum Gasteiger partial charge on any atom is 0.330 e. The average molecular weight is 625 g/mol. The Kier molecular flexibility index (Phi) is 11.7. The lowest BCUT2D eigenvalue weighted by Crippen LogP contribution is -2.59. The zero-order valence-electron chi connectivity index (χ0n) is 26.4. The smallest absolute Gasteiger partial charge is 0.330 e. The molecule has 4 amide bonds. The van der Waals surface area contributed by atoms with Crippen molar-refractivity contribution in [2.24, 2.45) is 5.92 Å². The number of carboxylic acids is 1. The van der Waals surface area contributed by atoms with Crippen molar-refractivity contribution in [3.8, 4) is 0 Å². The summed E-state index contributed by atoms with van der Waals surface area (Å²) in [4.78, 5) is 52.8. The van der Waals surface area contributed by atoms with Crippen LogP contribution in [0.15, 0.2) is 12.2 Å². The van der Waals surface area contributed by atoms with Crippen LogP contribution in [0.1, 0.15) is 111 Å². The number of allylic oxidation sites excluding steroid dienone is 1. The van der Waals surface area contributed by atoms with Crippen LogP contribution < -0.4 is 16.0 Å². The molecule has 1 saturated heterocycles. The third-order valence-electron chi connectivity index (χ3n) is 9.20. The summed E-state index contributed by atoms with van der Waals surface area (Å²) in [5.74, 6) is -2.48. The SMILES string of the molecule is CCCCCC/C=C\C1C[C@]1(NC(=O)[C@@H]1CCCN1C(=O)CNC(=O)NC1(CS(=O)(=O)C(C)(C)C)CCCCC1)C(=O)O.